The number of rotatable bonds is 10. The second-order valence-electron chi connectivity index (χ2n) is 10.2. The number of nitro groups is 1. The average molecular weight is 583 g/mol. The van der Waals surface area contributed by atoms with Gasteiger partial charge in [-0.25, -0.2) is 14.3 Å². The SMILES string of the molecule is CCOC(=O)c1cc2cc(Cn3cc(C(C)(CC)OC(=O)c4ccc([N+](=O)[O-])cc4)nn3)ccn2c1-c1ccnc(C)c1. The van der Waals surface area contributed by atoms with Crippen molar-refractivity contribution in [3.63, 3.8) is 0 Å². The summed E-state index contributed by atoms with van der Waals surface area (Å²) in [6.45, 7) is 7.92. The molecule has 43 heavy (non-hydrogen) atoms. The summed E-state index contributed by atoms with van der Waals surface area (Å²) in [5.41, 5.74) is 4.06. The Morgan fingerprint density at radius 1 is 1.05 bits per heavy atom. The summed E-state index contributed by atoms with van der Waals surface area (Å²) in [7, 11) is 0. The number of nitrogens with zero attached hydrogens (tertiary/aromatic N) is 6. The van der Waals surface area contributed by atoms with E-state index < -0.39 is 22.5 Å². The molecule has 0 saturated carbocycles. The van der Waals surface area contributed by atoms with Crippen molar-refractivity contribution in [2.24, 2.45) is 0 Å². The number of benzene rings is 1. The van der Waals surface area contributed by atoms with E-state index in [0.29, 0.717) is 24.2 Å². The number of non-ortho nitro benzene ring substituents is 1. The zero-order valence-electron chi connectivity index (χ0n) is 24.2. The minimum Gasteiger partial charge on any atom is -0.462 e. The topological polar surface area (TPSA) is 144 Å². The number of nitro benzene ring substituents is 1. The smallest absolute Gasteiger partial charge is 0.340 e. The van der Waals surface area contributed by atoms with Crippen molar-refractivity contribution in [2.45, 2.75) is 46.3 Å². The molecule has 0 aliphatic heterocycles. The molecule has 5 aromatic rings. The van der Waals surface area contributed by atoms with Gasteiger partial charge in [-0.3, -0.25) is 15.1 Å². The van der Waals surface area contributed by atoms with E-state index in [4.69, 9.17) is 9.47 Å². The van der Waals surface area contributed by atoms with Gasteiger partial charge in [-0.05, 0) is 75.2 Å². The fourth-order valence-corrected chi connectivity index (χ4v) is 4.77. The molecule has 1 aromatic carbocycles. The molecule has 0 saturated heterocycles. The van der Waals surface area contributed by atoms with Gasteiger partial charge in [0.1, 0.15) is 5.69 Å². The Morgan fingerprint density at radius 3 is 2.49 bits per heavy atom. The molecule has 1 unspecified atom stereocenters. The summed E-state index contributed by atoms with van der Waals surface area (Å²) in [6.07, 6.45) is 5.76. The normalized spacial score (nSPS) is 12.6. The van der Waals surface area contributed by atoms with Crippen molar-refractivity contribution in [3.8, 4) is 11.3 Å². The zero-order valence-corrected chi connectivity index (χ0v) is 24.2. The predicted molar refractivity (Wildman–Crippen MR) is 157 cm³/mol. The minimum atomic E-state index is -1.07. The van der Waals surface area contributed by atoms with Gasteiger partial charge in [-0.2, -0.15) is 0 Å². The maximum atomic E-state index is 12.9. The molecule has 0 aliphatic rings. The number of carbonyl (C=O) groups is 2. The molecule has 220 valence electrons. The van der Waals surface area contributed by atoms with Crippen LogP contribution in [0.5, 0.6) is 0 Å². The van der Waals surface area contributed by atoms with Gasteiger partial charge in [0, 0.05) is 41.3 Å². The third-order valence-corrected chi connectivity index (χ3v) is 7.23. The lowest BCUT2D eigenvalue weighted by molar-refractivity contribution is -0.384. The van der Waals surface area contributed by atoms with Gasteiger partial charge in [0.05, 0.1) is 41.1 Å². The Kier molecular flexibility index (Phi) is 8.02. The summed E-state index contributed by atoms with van der Waals surface area (Å²) in [5, 5.41) is 19.5. The molecule has 4 aromatic heterocycles. The molecule has 0 spiro atoms. The van der Waals surface area contributed by atoms with Gasteiger partial charge in [-0.1, -0.05) is 12.1 Å². The van der Waals surface area contributed by atoms with E-state index >= 15 is 0 Å². The number of carbonyl (C=O) groups excluding carboxylic acids is 2. The summed E-state index contributed by atoms with van der Waals surface area (Å²) < 4.78 is 14.7. The van der Waals surface area contributed by atoms with E-state index in [0.717, 1.165) is 28.0 Å². The largest absolute Gasteiger partial charge is 0.462 e. The van der Waals surface area contributed by atoms with E-state index in [1.54, 1.807) is 30.9 Å². The number of ether oxygens (including phenoxy) is 2. The van der Waals surface area contributed by atoms with Gasteiger partial charge in [0.25, 0.3) is 5.69 Å². The Labute approximate surface area is 247 Å². The molecular formula is C31H30N6O6. The summed E-state index contributed by atoms with van der Waals surface area (Å²) >= 11 is 0. The second-order valence-corrected chi connectivity index (χ2v) is 10.2. The molecule has 12 heteroatoms. The third-order valence-electron chi connectivity index (χ3n) is 7.23. The van der Waals surface area contributed by atoms with Gasteiger partial charge in [0.2, 0.25) is 0 Å². The number of hydrogen-bond donors (Lipinski definition) is 0. The lowest BCUT2D eigenvalue weighted by Crippen LogP contribution is -2.29. The van der Waals surface area contributed by atoms with Crippen LogP contribution in [-0.4, -0.2) is 47.8 Å². The van der Waals surface area contributed by atoms with Crippen molar-refractivity contribution < 1.29 is 24.0 Å². The molecule has 12 nitrogen and oxygen atoms in total. The Hall–Kier alpha value is -5.39. The van der Waals surface area contributed by atoms with Crippen molar-refractivity contribution in [1.29, 1.82) is 0 Å². The number of aromatic nitrogens is 5. The number of pyridine rings is 2. The molecule has 5 rings (SSSR count). The van der Waals surface area contributed by atoms with Crippen molar-refractivity contribution >= 4 is 23.1 Å². The van der Waals surface area contributed by atoms with E-state index in [2.05, 4.69) is 15.3 Å². The molecule has 0 aliphatic carbocycles. The summed E-state index contributed by atoms with van der Waals surface area (Å²) in [6, 6.07) is 14.7. The number of fused-ring (bicyclic) bond motifs is 1. The maximum Gasteiger partial charge on any atom is 0.340 e. The van der Waals surface area contributed by atoms with Crippen LogP contribution in [0.25, 0.3) is 16.8 Å². The van der Waals surface area contributed by atoms with Crippen LogP contribution in [0.3, 0.4) is 0 Å². The predicted octanol–water partition coefficient (Wildman–Crippen LogP) is 5.52. The van der Waals surface area contributed by atoms with Crippen molar-refractivity contribution in [2.75, 3.05) is 6.61 Å². The zero-order chi connectivity index (χ0) is 30.7. The van der Waals surface area contributed by atoms with Crippen molar-refractivity contribution in [3.05, 3.63) is 111 Å². The van der Waals surface area contributed by atoms with Crippen LogP contribution in [-0.2, 0) is 21.6 Å². The highest BCUT2D eigenvalue weighted by molar-refractivity contribution is 5.99. The molecule has 0 bridgehead atoms. The molecule has 4 heterocycles. The molecule has 1 atom stereocenters. The first-order chi connectivity index (χ1) is 20.6. The standard InChI is InChI=1S/C31H30N6O6/c1-5-31(4,43-29(38)22-7-9-24(10-8-22)37(40)41)27-19-35(34-33-27)18-21-12-14-36-25(16-21)17-26(30(39)42-6-2)28(36)23-11-13-32-20(3)15-23/h7-17,19H,5-6,18H2,1-4H3. The van der Waals surface area contributed by atoms with Gasteiger partial charge >= 0.3 is 11.9 Å². The maximum absolute atomic E-state index is 12.9. The highest BCUT2D eigenvalue weighted by Crippen LogP contribution is 2.31. The first-order valence-electron chi connectivity index (χ1n) is 13.7. The van der Waals surface area contributed by atoms with Crippen LogP contribution >= 0.6 is 0 Å². The number of aryl methyl sites for hydroxylation is 1. The highest BCUT2D eigenvalue weighted by atomic mass is 16.6. The van der Waals surface area contributed by atoms with Gasteiger partial charge < -0.3 is 13.9 Å². The van der Waals surface area contributed by atoms with Gasteiger partial charge in [0.15, 0.2) is 5.60 Å². The monoisotopic (exact) mass is 582 g/mol. The van der Waals surface area contributed by atoms with E-state index in [1.165, 1.54) is 24.3 Å². The van der Waals surface area contributed by atoms with Crippen LogP contribution < -0.4 is 0 Å². The Balaban J connectivity index is 1.39. The first-order valence-corrected chi connectivity index (χ1v) is 13.7. The molecule has 0 radical (unpaired) electrons. The van der Waals surface area contributed by atoms with Crippen LogP contribution in [0, 0.1) is 17.0 Å². The number of hydrogen-bond acceptors (Lipinski definition) is 9. The molecule has 0 amide bonds. The van der Waals surface area contributed by atoms with E-state index in [9.17, 15) is 19.7 Å². The minimum absolute atomic E-state index is 0.114. The van der Waals surface area contributed by atoms with Crippen LogP contribution in [0.1, 0.15) is 64.9 Å². The molecule has 0 fully saturated rings. The van der Waals surface area contributed by atoms with Crippen LogP contribution in [0.4, 0.5) is 5.69 Å². The first kappa shape index (κ1) is 29.1. The van der Waals surface area contributed by atoms with Crippen LogP contribution in [0.2, 0.25) is 0 Å². The fourth-order valence-electron chi connectivity index (χ4n) is 4.77. The Morgan fingerprint density at radius 2 is 1.81 bits per heavy atom. The lowest BCUT2D eigenvalue weighted by atomic mass is 9.99. The molecule has 0 N–H and O–H groups in total. The highest BCUT2D eigenvalue weighted by Gasteiger charge is 2.33. The van der Waals surface area contributed by atoms with Gasteiger partial charge in [-0.15, -0.1) is 5.10 Å². The van der Waals surface area contributed by atoms with Crippen molar-refractivity contribution in [1.82, 2.24) is 24.4 Å². The van der Waals surface area contributed by atoms with E-state index in [-0.39, 0.29) is 17.9 Å². The number of esters is 2. The molecular weight excluding hydrogens is 552 g/mol. The summed E-state index contributed by atoms with van der Waals surface area (Å²) in [5.74, 6) is -1.02. The lowest BCUT2D eigenvalue weighted by Gasteiger charge is -2.26. The fraction of sp³-hybridized carbons (Fsp3) is 0.258. The van der Waals surface area contributed by atoms with E-state index in [1.807, 2.05) is 54.8 Å². The Bertz CT molecular complexity index is 1830. The average Bonchev–Trinajstić information content (AvgIpc) is 3.62. The van der Waals surface area contributed by atoms with Crippen LogP contribution in [0.15, 0.2) is 73.2 Å². The quantitative estimate of drug-likeness (QED) is 0.118. The second kappa shape index (κ2) is 11.8. The third kappa shape index (κ3) is 5.98. The summed E-state index contributed by atoms with van der Waals surface area (Å²) in [4.78, 5) is 40.4.